The average Bonchev–Trinajstić information content (AvgIpc) is 2.97. The molecule has 3 rings (SSSR count). The number of nitrogens with one attached hydrogen (secondary N) is 1. The largest absolute Gasteiger partial charge is 0.317 e. The second-order valence-corrected chi connectivity index (χ2v) is 5.47. The van der Waals surface area contributed by atoms with Crippen LogP contribution in [0.4, 0.5) is 0 Å². The molecule has 0 aliphatic carbocycles. The van der Waals surface area contributed by atoms with E-state index >= 15 is 0 Å². The van der Waals surface area contributed by atoms with Gasteiger partial charge in [0.15, 0.2) is 0 Å². The Morgan fingerprint density at radius 2 is 1.95 bits per heavy atom. The van der Waals surface area contributed by atoms with Crippen molar-refractivity contribution in [2.24, 2.45) is 0 Å². The van der Waals surface area contributed by atoms with Crippen LogP contribution in [0.3, 0.4) is 0 Å². The normalized spacial score (nSPS) is 17.4. The molecular formula is C16H22N4. The minimum Gasteiger partial charge on any atom is -0.317 e. The molecule has 1 fully saturated rings. The minimum atomic E-state index is 0.693. The molecular weight excluding hydrogens is 248 g/mol. The van der Waals surface area contributed by atoms with E-state index in [9.17, 15) is 0 Å². The molecule has 0 bridgehead atoms. The molecule has 0 spiro atoms. The fourth-order valence-electron chi connectivity index (χ4n) is 2.80. The molecule has 2 aromatic rings. The van der Waals surface area contributed by atoms with Gasteiger partial charge in [-0.15, -0.1) is 0 Å². The Morgan fingerprint density at radius 3 is 2.65 bits per heavy atom. The van der Waals surface area contributed by atoms with Gasteiger partial charge in [-0.25, -0.2) is 4.68 Å². The fourth-order valence-corrected chi connectivity index (χ4v) is 2.80. The summed E-state index contributed by atoms with van der Waals surface area (Å²) in [6.07, 6.45) is 6.60. The predicted molar refractivity (Wildman–Crippen MR) is 80.9 cm³/mol. The molecule has 0 saturated carbocycles. The average molecular weight is 270 g/mol. The predicted octanol–water partition coefficient (Wildman–Crippen LogP) is 2.06. The van der Waals surface area contributed by atoms with Crippen LogP contribution in [0.25, 0.3) is 5.69 Å². The van der Waals surface area contributed by atoms with Crippen LogP contribution < -0.4 is 5.32 Å². The van der Waals surface area contributed by atoms with Crippen molar-refractivity contribution >= 4 is 0 Å². The molecule has 106 valence electrons. The number of rotatable bonds is 4. The molecule has 1 saturated heterocycles. The zero-order valence-electron chi connectivity index (χ0n) is 12.0. The van der Waals surface area contributed by atoms with E-state index in [1.54, 1.807) is 0 Å². The third-order valence-electron chi connectivity index (χ3n) is 4.06. The molecule has 0 amide bonds. The Bertz CT molecular complexity index is 526. The second kappa shape index (κ2) is 6.20. The summed E-state index contributed by atoms with van der Waals surface area (Å²) in [4.78, 5) is 2.51. The molecule has 1 aliphatic rings. The highest BCUT2D eigenvalue weighted by Gasteiger charge is 2.18. The Labute approximate surface area is 120 Å². The molecule has 20 heavy (non-hydrogen) atoms. The van der Waals surface area contributed by atoms with Crippen LogP contribution in [0.5, 0.6) is 0 Å². The van der Waals surface area contributed by atoms with Gasteiger partial charge >= 0.3 is 0 Å². The summed E-state index contributed by atoms with van der Waals surface area (Å²) in [5, 5.41) is 7.83. The molecule has 1 aromatic heterocycles. The van der Waals surface area contributed by atoms with E-state index in [0.29, 0.717) is 6.04 Å². The maximum Gasteiger partial charge on any atom is 0.0645 e. The van der Waals surface area contributed by atoms with Crippen molar-refractivity contribution in [3.05, 3.63) is 48.3 Å². The molecule has 2 heterocycles. The molecule has 1 aromatic carbocycles. The third-order valence-corrected chi connectivity index (χ3v) is 4.06. The van der Waals surface area contributed by atoms with Crippen molar-refractivity contribution in [3.8, 4) is 5.69 Å². The number of hydrogen-bond acceptors (Lipinski definition) is 3. The lowest BCUT2D eigenvalue weighted by molar-refractivity contribution is 0.194. The smallest absolute Gasteiger partial charge is 0.0645 e. The molecule has 0 unspecified atom stereocenters. The van der Waals surface area contributed by atoms with Gasteiger partial charge in [0.1, 0.15) is 0 Å². The van der Waals surface area contributed by atoms with E-state index in [0.717, 1.165) is 12.2 Å². The van der Waals surface area contributed by atoms with Gasteiger partial charge in [-0.2, -0.15) is 5.10 Å². The molecule has 0 radical (unpaired) electrons. The quantitative estimate of drug-likeness (QED) is 0.923. The second-order valence-electron chi connectivity index (χ2n) is 5.47. The molecule has 4 nitrogen and oxygen atoms in total. The maximum absolute atomic E-state index is 4.46. The first-order valence-corrected chi connectivity index (χ1v) is 7.34. The lowest BCUT2D eigenvalue weighted by Gasteiger charge is -2.31. The first-order chi connectivity index (χ1) is 9.85. The lowest BCUT2D eigenvalue weighted by atomic mass is 10.1. The standard InChI is InChI=1S/C16H22N4/c1-17-15-7-9-19(10-8-15)12-14-11-18-20(13-14)16-5-3-2-4-6-16/h2-6,11,13,15,17H,7-10,12H2,1H3. The van der Waals surface area contributed by atoms with Crippen LogP contribution >= 0.6 is 0 Å². The summed E-state index contributed by atoms with van der Waals surface area (Å²) in [5.74, 6) is 0. The van der Waals surface area contributed by atoms with Gasteiger partial charge in [0.25, 0.3) is 0 Å². The summed E-state index contributed by atoms with van der Waals surface area (Å²) >= 11 is 0. The Kier molecular flexibility index (Phi) is 4.14. The van der Waals surface area contributed by atoms with Crippen molar-refractivity contribution in [2.75, 3.05) is 20.1 Å². The molecule has 0 atom stereocenters. The highest BCUT2D eigenvalue weighted by atomic mass is 15.3. The topological polar surface area (TPSA) is 33.1 Å². The van der Waals surface area contributed by atoms with Crippen LogP contribution in [0.1, 0.15) is 18.4 Å². The fraction of sp³-hybridized carbons (Fsp3) is 0.438. The lowest BCUT2D eigenvalue weighted by Crippen LogP contribution is -2.40. The number of aromatic nitrogens is 2. The van der Waals surface area contributed by atoms with Crippen LogP contribution in [0, 0.1) is 0 Å². The molecule has 4 heteroatoms. The Morgan fingerprint density at radius 1 is 1.20 bits per heavy atom. The summed E-state index contributed by atoms with van der Waals surface area (Å²) in [7, 11) is 2.06. The van der Waals surface area contributed by atoms with Gasteiger partial charge in [-0.3, -0.25) is 4.90 Å². The Balaban J connectivity index is 1.61. The maximum atomic E-state index is 4.46. The zero-order chi connectivity index (χ0) is 13.8. The highest BCUT2D eigenvalue weighted by molar-refractivity contribution is 5.30. The zero-order valence-corrected chi connectivity index (χ0v) is 12.0. The van der Waals surface area contributed by atoms with E-state index in [1.807, 2.05) is 29.1 Å². The molecule has 1 N–H and O–H groups in total. The van der Waals surface area contributed by atoms with Crippen LogP contribution in [0.15, 0.2) is 42.7 Å². The minimum absolute atomic E-state index is 0.693. The van der Waals surface area contributed by atoms with Crippen molar-refractivity contribution in [2.45, 2.75) is 25.4 Å². The van der Waals surface area contributed by atoms with Gasteiger partial charge in [0.05, 0.1) is 11.9 Å². The number of nitrogens with zero attached hydrogens (tertiary/aromatic N) is 3. The van der Waals surface area contributed by atoms with Gasteiger partial charge in [-0.1, -0.05) is 18.2 Å². The van der Waals surface area contributed by atoms with Gasteiger partial charge in [0.2, 0.25) is 0 Å². The van der Waals surface area contributed by atoms with Crippen LogP contribution in [-0.4, -0.2) is 40.9 Å². The van der Waals surface area contributed by atoms with Crippen molar-refractivity contribution in [3.63, 3.8) is 0 Å². The Hall–Kier alpha value is -1.65. The van der Waals surface area contributed by atoms with Gasteiger partial charge in [0, 0.05) is 24.3 Å². The van der Waals surface area contributed by atoms with Crippen molar-refractivity contribution in [1.82, 2.24) is 20.0 Å². The van der Waals surface area contributed by atoms with E-state index in [1.165, 1.54) is 31.5 Å². The van der Waals surface area contributed by atoms with Crippen LogP contribution in [0.2, 0.25) is 0 Å². The van der Waals surface area contributed by atoms with Crippen LogP contribution in [-0.2, 0) is 6.54 Å². The summed E-state index contributed by atoms with van der Waals surface area (Å²) in [6.45, 7) is 3.34. The number of piperidine rings is 1. The summed E-state index contributed by atoms with van der Waals surface area (Å²) in [6, 6.07) is 11.0. The third kappa shape index (κ3) is 3.08. The van der Waals surface area contributed by atoms with Crippen molar-refractivity contribution < 1.29 is 0 Å². The van der Waals surface area contributed by atoms with Gasteiger partial charge in [-0.05, 0) is 45.1 Å². The van der Waals surface area contributed by atoms with E-state index in [-0.39, 0.29) is 0 Å². The first kappa shape index (κ1) is 13.3. The number of likely N-dealkylation sites (tertiary alicyclic amines) is 1. The number of hydrogen-bond donors (Lipinski definition) is 1. The van der Waals surface area contributed by atoms with Gasteiger partial charge < -0.3 is 5.32 Å². The first-order valence-electron chi connectivity index (χ1n) is 7.34. The number of benzene rings is 1. The molecule has 1 aliphatic heterocycles. The highest BCUT2D eigenvalue weighted by Crippen LogP contribution is 2.14. The summed E-state index contributed by atoms with van der Waals surface area (Å²) < 4.78 is 1.95. The van der Waals surface area contributed by atoms with Crippen molar-refractivity contribution in [1.29, 1.82) is 0 Å². The number of para-hydroxylation sites is 1. The van der Waals surface area contributed by atoms with E-state index in [4.69, 9.17) is 0 Å². The SMILES string of the molecule is CNC1CCN(Cc2cnn(-c3ccccc3)c2)CC1. The van der Waals surface area contributed by atoms with E-state index in [2.05, 4.69) is 40.7 Å². The van der Waals surface area contributed by atoms with E-state index < -0.39 is 0 Å². The summed E-state index contributed by atoms with van der Waals surface area (Å²) in [5.41, 5.74) is 2.41. The monoisotopic (exact) mass is 270 g/mol.